The Hall–Kier alpha value is -1.53. The van der Waals surface area contributed by atoms with Crippen LogP contribution in [0.3, 0.4) is 0 Å². The average Bonchev–Trinajstić information content (AvgIpc) is 2.85. The molecule has 20 heavy (non-hydrogen) atoms. The molecule has 1 heterocycles. The van der Waals surface area contributed by atoms with Gasteiger partial charge in [0.05, 0.1) is 13.0 Å². The van der Waals surface area contributed by atoms with Crippen molar-refractivity contribution in [1.82, 2.24) is 0 Å². The zero-order valence-corrected chi connectivity index (χ0v) is 13.1. The molecular weight excluding hydrogens is 342 g/mol. The monoisotopic (exact) mass is 355 g/mol. The summed E-state index contributed by atoms with van der Waals surface area (Å²) >= 11 is 4.90. The first-order valence-electron chi connectivity index (χ1n) is 6.00. The summed E-state index contributed by atoms with van der Waals surface area (Å²) in [6, 6.07) is 8.97. The van der Waals surface area contributed by atoms with Crippen LogP contribution in [0.1, 0.15) is 11.3 Å². The molecule has 0 spiro atoms. The highest BCUT2D eigenvalue weighted by molar-refractivity contribution is 9.10. The molecule has 0 aliphatic heterocycles. The first kappa shape index (κ1) is 14.9. The molecule has 1 aromatic heterocycles. The minimum Gasteiger partial charge on any atom is -0.493 e. The fraction of sp³-hybridized carbons (Fsp3) is 0.214. The lowest BCUT2D eigenvalue weighted by Gasteiger charge is -2.06. The predicted octanol–water partition coefficient (Wildman–Crippen LogP) is 3.61. The lowest BCUT2D eigenvalue weighted by atomic mass is 10.3. The van der Waals surface area contributed by atoms with Gasteiger partial charge in [-0.1, -0.05) is 0 Å². The number of hydrogen-bond acceptors (Lipinski definition) is 5. The van der Waals surface area contributed by atoms with Crippen LogP contribution >= 0.6 is 27.3 Å². The Bertz CT molecular complexity index is 568. The van der Waals surface area contributed by atoms with E-state index in [-0.39, 0.29) is 19.0 Å². The number of nitrogen functional groups attached to an aromatic ring is 1. The van der Waals surface area contributed by atoms with Crippen molar-refractivity contribution >= 4 is 38.9 Å². The van der Waals surface area contributed by atoms with E-state index in [1.807, 2.05) is 11.4 Å². The number of anilines is 1. The van der Waals surface area contributed by atoms with E-state index in [4.69, 9.17) is 15.2 Å². The van der Waals surface area contributed by atoms with E-state index in [1.54, 1.807) is 35.6 Å². The first-order valence-corrected chi connectivity index (χ1v) is 7.67. The van der Waals surface area contributed by atoms with Crippen LogP contribution in [0.25, 0.3) is 0 Å². The van der Waals surface area contributed by atoms with E-state index < -0.39 is 0 Å². The summed E-state index contributed by atoms with van der Waals surface area (Å²) in [5.74, 6) is 0.416. The molecule has 0 aliphatic carbocycles. The van der Waals surface area contributed by atoms with Crippen molar-refractivity contribution in [2.75, 3.05) is 12.3 Å². The summed E-state index contributed by atoms with van der Waals surface area (Å²) in [4.78, 5) is 12.5. The summed E-state index contributed by atoms with van der Waals surface area (Å²) in [5.41, 5.74) is 6.25. The molecule has 0 bridgehead atoms. The maximum atomic E-state index is 11.5. The molecule has 0 radical (unpaired) electrons. The highest BCUT2D eigenvalue weighted by Gasteiger charge is 2.05. The molecule has 2 rings (SSSR count). The van der Waals surface area contributed by atoms with Gasteiger partial charge in [0.25, 0.3) is 0 Å². The highest BCUT2D eigenvalue weighted by Crippen LogP contribution is 2.20. The largest absolute Gasteiger partial charge is 0.493 e. The molecule has 0 saturated carbocycles. The molecule has 0 atom stereocenters. The fourth-order valence-electron chi connectivity index (χ4n) is 1.47. The zero-order chi connectivity index (χ0) is 14.4. The third-order valence-corrected chi connectivity index (χ3v) is 4.12. The number of hydrogen-bond donors (Lipinski definition) is 1. The molecule has 106 valence electrons. The van der Waals surface area contributed by atoms with Crippen LogP contribution in [0.15, 0.2) is 40.2 Å². The first-order chi connectivity index (χ1) is 9.63. The number of esters is 1. The molecule has 0 aliphatic rings. The molecule has 4 nitrogen and oxygen atoms in total. The van der Waals surface area contributed by atoms with Crippen molar-refractivity contribution in [2.45, 2.75) is 13.0 Å². The van der Waals surface area contributed by atoms with Crippen molar-refractivity contribution in [3.05, 3.63) is 45.1 Å². The van der Waals surface area contributed by atoms with E-state index in [0.29, 0.717) is 18.0 Å². The Morgan fingerprint density at radius 2 is 2.05 bits per heavy atom. The van der Waals surface area contributed by atoms with Crippen LogP contribution in [0, 0.1) is 0 Å². The minimum absolute atomic E-state index is 0.219. The Labute approximate surface area is 129 Å². The summed E-state index contributed by atoms with van der Waals surface area (Å²) in [5, 5.41) is 1.95. The number of benzene rings is 1. The second-order valence-electron chi connectivity index (χ2n) is 4.06. The molecule has 1 aromatic carbocycles. The van der Waals surface area contributed by atoms with Gasteiger partial charge in [0, 0.05) is 20.4 Å². The molecule has 6 heteroatoms. The van der Waals surface area contributed by atoms with Crippen molar-refractivity contribution in [2.24, 2.45) is 0 Å². The number of nitrogens with two attached hydrogens (primary N) is 1. The summed E-state index contributed by atoms with van der Waals surface area (Å²) in [7, 11) is 0. The van der Waals surface area contributed by atoms with Crippen LogP contribution in [-0.4, -0.2) is 12.6 Å². The van der Waals surface area contributed by atoms with Crippen molar-refractivity contribution in [3.8, 4) is 5.75 Å². The lowest BCUT2D eigenvalue weighted by Crippen LogP contribution is -2.09. The smallest absolute Gasteiger partial charge is 0.309 e. The van der Waals surface area contributed by atoms with Gasteiger partial charge in [-0.2, -0.15) is 0 Å². The summed E-state index contributed by atoms with van der Waals surface area (Å²) < 4.78 is 11.6. The van der Waals surface area contributed by atoms with Gasteiger partial charge in [-0.3, -0.25) is 4.79 Å². The van der Waals surface area contributed by atoms with E-state index in [2.05, 4.69) is 15.9 Å². The van der Waals surface area contributed by atoms with E-state index >= 15 is 0 Å². The van der Waals surface area contributed by atoms with Gasteiger partial charge in [0.15, 0.2) is 0 Å². The number of ether oxygens (including phenoxy) is 2. The quantitative estimate of drug-likeness (QED) is 0.635. The normalized spacial score (nSPS) is 10.2. The van der Waals surface area contributed by atoms with Crippen LogP contribution in [0.2, 0.25) is 0 Å². The maximum Gasteiger partial charge on any atom is 0.309 e. The Morgan fingerprint density at radius 1 is 1.30 bits per heavy atom. The second kappa shape index (κ2) is 7.31. The molecule has 0 unspecified atom stereocenters. The molecule has 2 aromatic rings. The fourth-order valence-corrected chi connectivity index (χ4v) is 2.83. The van der Waals surface area contributed by atoms with Crippen molar-refractivity contribution in [3.63, 3.8) is 0 Å². The number of halogens is 1. The maximum absolute atomic E-state index is 11.5. The van der Waals surface area contributed by atoms with E-state index in [0.717, 1.165) is 9.35 Å². The molecule has 0 saturated heterocycles. The lowest BCUT2D eigenvalue weighted by molar-refractivity contribution is -0.145. The van der Waals surface area contributed by atoms with Crippen molar-refractivity contribution in [1.29, 1.82) is 0 Å². The molecule has 2 N–H and O–H groups in total. The highest BCUT2D eigenvalue weighted by atomic mass is 79.9. The standard InChI is InChI=1S/C14H14BrNO3S/c15-10-7-13(20-9-10)8-19-14(17)5-6-18-12-3-1-11(16)2-4-12/h1-4,7,9H,5-6,8,16H2. The van der Waals surface area contributed by atoms with E-state index in [1.165, 1.54) is 0 Å². The predicted molar refractivity (Wildman–Crippen MR) is 82.8 cm³/mol. The van der Waals surface area contributed by atoms with Gasteiger partial charge >= 0.3 is 5.97 Å². The van der Waals surface area contributed by atoms with Gasteiger partial charge < -0.3 is 15.2 Å². The van der Waals surface area contributed by atoms with Crippen LogP contribution < -0.4 is 10.5 Å². The third kappa shape index (κ3) is 4.86. The second-order valence-corrected chi connectivity index (χ2v) is 5.97. The Balaban J connectivity index is 1.66. The van der Waals surface area contributed by atoms with E-state index in [9.17, 15) is 4.79 Å². The molecule has 0 amide bonds. The van der Waals surface area contributed by atoms with Gasteiger partial charge in [0.2, 0.25) is 0 Å². The van der Waals surface area contributed by atoms with Crippen LogP contribution in [-0.2, 0) is 16.1 Å². The number of rotatable bonds is 6. The SMILES string of the molecule is Nc1ccc(OCCC(=O)OCc2cc(Br)cs2)cc1. The Kier molecular flexibility index (Phi) is 5.43. The number of thiophene rings is 1. The van der Waals surface area contributed by atoms with Crippen molar-refractivity contribution < 1.29 is 14.3 Å². The zero-order valence-electron chi connectivity index (χ0n) is 10.7. The number of carbonyl (C=O) groups excluding carboxylic acids is 1. The van der Waals surface area contributed by atoms with Gasteiger partial charge in [-0.25, -0.2) is 0 Å². The van der Waals surface area contributed by atoms with Crippen LogP contribution in [0.5, 0.6) is 5.75 Å². The third-order valence-electron chi connectivity index (χ3n) is 2.45. The summed E-state index contributed by atoms with van der Waals surface area (Å²) in [6.45, 7) is 0.591. The van der Waals surface area contributed by atoms with Gasteiger partial charge in [-0.05, 0) is 46.3 Å². The number of carbonyl (C=O) groups is 1. The summed E-state index contributed by atoms with van der Waals surface area (Å²) in [6.07, 6.45) is 0.219. The molecular formula is C14H14BrNO3S. The molecule has 0 fully saturated rings. The van der Waals surface area contributed by atoms with Crippen LogP contribution in [0.4, 0.5) is 5.69 Å². The topological polar surface area (TPSA) is 61.5 Å². The van der Waals surface area contributed by atoms with Gasteiger partial charge in [-0.15, -0.1) is 11.3 Å². The van der Waals surface area contributed by atoms with Gasteiger partial charge in [0.1, 0.15) is 12.4 Å². The average molecular weight is 356 g/mol. The Morgan fingerprint density at radius 3 is 2.70 bits per heavy atom. The minimum atomic E-state index is -0.273.